The minimum Gasteiger partial charge on any atom is -0.436 e. The molecule has 0 aliphatic heterocycles. The van der Waals surface area contributed by atoms with Crippen LogP contribution in [0.2, 0.25) is 0 Å². The van der Waals surface area contributed by atoms with E-state index in [9.17, 15) is 13.2 Å². The van der Waals surface area contributed by atoms with E-state index in [0.29, 0.717) is 6.07 Å². The van der Waals surface area contributed by atoms with Crippen molar-refractivity contribution in [1.29, 1.82) is 5.26 Å². The molecular formula is C12H6F3N3O. The van der Waals surface area contributed by atoms with Gasteiger partial charge in [0.2, 0.25) is 0 Å². The van der Waals surface area contributed by atoms with E-state index >= 15 is 0 Å². The van der Waals surface area contributed by atoms with Gasteiger partial charge in [-0.2, -0.15) is 10.2 Å². The Morgan fingerprint density at radius 1 is 1.11 bits per heavy atom. The Hall–Kier alpha value is -2.75. The van der Waals surface area contributed by atoms with E-state index in [2.05, 4.69) is 4.98 Å². The molecule has 0 bridgehead atoms. The molecule has 0 radical (unpaired) electrons. The maximum absolute atomic E-state index is 13.3. The van der Waals surface area contributed by atoms with Crippen molar-refractivity contribution in [3.8, 4) is 17.7 Å². The molecule has 0 spiro atoms. The van der Waals surface area contributed by atoms with Crippen LogP contribution >= 0.6 is 0 Å². The number of nitrogen functional groups attached to an aromatic ring is 1. The first-order valence-corrected chi connectivity index (χ1v) is 5.00. The lowest BCUT2D eigenvalue weighted by molar-refractivity contribution is 0.415. The number of pyridine rings is 1. The summed E-state index contributed by atoms with van der Waals surface area (Å²) in [6.07, 6.45) is 0. The van der Waals surface area contributed by atoms with Gasteiger partial charge in [-0.15, -0.1) is 0 Å². The molecule has 1 aromatic carbocycles. The summed E-state index contributed by atoms with van der Waals surface area (Å²) < 4.78 is 44.5. The second-order valence-corrected chi connectivity index (χ2v) is 3.50. The number of benzene rings is 1. The van der Waals surface area contributed by atoms with E-state index in [1.807, 2.05) is 0 Å². The zero-order valence-electron chi connectivity index (χ0n) is 9.32. The molecule has 0 aliphatic rings. The number of rotatable bonds is 2. The van der Waals surface area contributed by atoms with Crippen molar-refractivity contribution in [3.63, 3.8) is 0 Å². The summed E-state index contributed by atoms with van der Waals surface area (Å²) >= 11 is 0. The third-order valence-electron chi connectivity index (χ3n) is 2.20. The average molecular weight is 265 g/mol. The van der Waals surface area contributed by atoms with Crippen LogP contribution in [0.4, 0.5) is 19.0 Å². The van der Waals surface area contributed by atoms with Gasteiger partial charge >= 0.3 is 0 Å². The molecule has 0 amide bonds. The summed E-state index contributed by atoms with van der Waals surface area (Å²) in [6, 6.07) is 5.44. The van der Waals surface area contributed by atoms with Crippen LogP contribution in [0.1, 0.15) is 5.56 Å². The van der Waals surface area contributed by atoms with Gasteiger partial charge in [-0.1, -0.05) is 0 Å². The van der Waals surface area contributed by atoms with Crippen molar-refractivity contribution in [1.82, 2.24) is 4.98 Å². The van der Waals surface area contributed by atoms with Crippen molar-refractivity contribution in [2.75, 3.05) is 5.73 Å². The molecule has 2 rings (SSSR count). The van der Waals surface area contributed by atoms with Crippen LogP contribution in [-0.4, -0.2) is 4.98 Å². The molecule has 1 aromatic heterocycles. The predicted octanol–water partition coefficient (Wildman–Crippen LogP) is 2.75. The van der Waals surface area contributed by atoms with E-state index in [-0.39, 0.29) is 11.3 Å². The minimum atomic E-state index is -1.07. The van der Waals surface area contributed by atoms with Gasteiger partial charge in [-0.25, -0.2) is 13.2 Å². The third-order valence-corrected chi connectivity index (χ3v) is 2.20. The van der Waals surface area contributed by atoms with E-state index in [0.717, 1.165) is 12.1 Å². The molecule has 7 heteroatoms. The average Bonchev–Trinajstić information content (AvgIpc) is 2.36. The highest BCUT2D eigenvalue weighted by Crippen LogP contribution is 2.26. The van der Waals surface area contributed by atoms with Crippen LogP contribution in [0.15, 0.2) is 24.3 Å². The van der Waals surface area contributed by atoms with Crippen LogP contribution in [0.25, 0.3) is 0 Å². The highest BCUT2D eigenvalue weighted by Gasteiger charge is 2.13. The van der Waals surface area contributed by atoms with Gasteiger partial charge in [0.05, 0.1) is 5.56 Å². The standard InChI is InChI=1S/C12H6F3N3O/c13-8-3-7(2-1-6(8)5-16)19-12-10(15)4-9(14)11(17)18-12/h1-4H,(H2,17,18). The zero-order valence-corrected chi connectivity index (χ0v) is 9.32. The van der Waals surface area contributed by atoms with Gasteiger partial charge in [0.25, 0.3) is 5.88 Å². The van der Waals surface area contributed by atoms with Crippen molar-refractivity contribution in [2.45, 2.75) is 0 Å². The summed E-state index contributed by atoms with van der Waals surface area (Å²) in [6.45, 7) is 0. The fourth-order valence-electron chi connectivity index (χ4n) is 1.30. The summed E-state index contributed by atoms with van der Waals surface area (Å²) in [4.78, 5) is 3.36. The van der Waals surface area contributed by atoms with Gasteiger partial charge in [0, 0.05) is 12.1 Å². The van der Waals surface area contributed by atoms with Gasteiger partial charge < -0.3 is 10.5 Å². The normalized spacial score (nSPS) is 10.0. The third kappa shape index (κ3) is 2.57. The summed E-state index contributed by atoms with van der Waals surface area (Å²) in [7, 11) is 0. The number of nitriles is 1. The first kappa shape index (κ1) is 12.7. The molecular weight excluding hydrogens is 259 g/mol. The van der Waals surface area contributed by atoms with Gasteiger partial charge in [0.1, 0.15) is 17.6 Å². The lowest BCUT2D eigenvalue weighted by Crippen LogP contribution is -2.00. The highest BCUT2D eigenvalue weighted by molar-refractivity contribution is 5.40. The first-order chi connectivity index (χ1) is 9.01. The van der Waals surface area contributed by atoms with Crippen LogP contribution in [0.5, 0.6) is 11.6 Å². The number of anilines is 1. The molecule has 0 saturated heterocycles. The second kappa shape index (κ2) is 4.86. The Kier molecular flexibility index (Phi) is 3.25. The lowest BCUT2D eigenvalue weighted by atomic mass is 10.2. The molecule has 0 aliphatic carbocycles. The smallest absolute Gasteiger partial charge is 0.258 e. The van der Waals surface area contributed by atoms with Crippen molar-refractivity contribution >= 4 is 5.82 Å². The quantitative estimate of drug-likeness (QED) is 0.906. The molecule has 0 saturated carbocycles. The van der Waals surface area contributed by atoms with Gasteiger partial charge in [-0.05, 0) is 12.1 Å². The number of hydrogen-bond donors (Lipinski definition) is 1. The Morgan fingerprint density at radius 2 is 1.84 bits per heavy atom. The molecule has 96 valence electrons. The van der Waals surface area contributed by atoms with E-state index in [1.54, 1.807) is 6.07 Å². The van der Waals surface area contributed by atoms with Gasteiger partial charge in [-0.3, -0.25) is 0 Å². The Morgan fingerprint density at radius 3 is 2.47 bits per heavy atom. The fourth-order valence-corrected chi connectivity index (χ4v) is 1.30. The second-order valence-electron chi connectivity index (χ2n) is 3.50. The predicted molar refractivity (Wildman–Crippen MR) is 59.8 cm³/mol. The first-order valence-electron chi connectivity index (χ1n) is 5.00. The molecule has 0 unspecified atom stereocenters. The Bertz CT molecular complexity index is 683. The molecule has 2 aromatic rings. The molecule has 4 nitrogen and oxygen atoms in total. The monoisotopic (exact) mass is 265 g/mol. The molecule has 0 fully saturated rings. The SMILES string of the molecule is N#Cc1ccc(Oc2nc(N)c(F)cc2F)cc1F. The number of nitrogens with two attached hydrogens (primary N) is 1. The van der Waals surface area contributed by atoms with Crippen molar-refractivity contribution in [2.24, 2.45) is 0 Å². The zero-order chi connectivity index (χ0) is 14.0. The van der Waals surface area contributed by atoms with E-state index in [4.69, 9.17) is 15.7 Å². The fraction of sp³-hybridized carbons (Fsp3) is 0. The summed E-state index contributed by atoms with van der Waals surface area (Å²) in [5, 5.41) is 8.55. The van der Waals surface area contributed by atoms with Gasteiger partial charge in [0.15, 0.2) is 17.5 Å². The maximum atomic E-state index is 13.3. The lowest BCUT2D eigenvalue weighted by Gasteiger charge is -2.07. The number of aromatic nitrogens is 1. The molecule has 2 N–H and O–H groups in total. The van der Waals surface area contributed by atoms with Crippen LogP contribution in [0.3, 0.4) is 0 Å². The Balaban J connectivity index is 2.34. The van der Waals surface area contributed by atoms with Crippen molar-refractivity contribution in [3.05, 3.63) is 47.3 Å². The largest absolute Gasteiger partial charge is 0.436 e. The summed E-state index contributed by atoms with van der Waals surface area (Å²) in [5.41, 5.74) is 4.99. The van der Waals surface area contributed by atoms with Crippen LogP contribution in [-0.2, 0) is 0 Å². The Labute approximate surface area is 105 Å². The number of halogens is 3. The number of ether oxygens (including phenoxy) is 1. The number of hydrogen-bond acceptors (Lipinski definition) is 4. The highest BCUT2D eigenvalue weighted by atomic mass is 19.1. The number of nitrogens with zero attached hydrogens (tertiary/aromatic N) is 2. The van der Waals surface area contributed by atoms with Crippen molar-refractivity contribution < 1.29 is 17.9 Å². The molecule has 0 atom stereocenters. The minimum absolute atomic E-state index is 0.0890. The van der Waals surface area contributed by atoms with Crippen LogP contribution < -0.4 is 10.5 Å². The van der Waals surface area contributed by atoms with Crippen LogP contribution in [0, 0.1) is 28.8 Å². The summed E-state index contributed by atoms with van der Waals surface area (Å²) in [5.74, 6) is -4.12. The molecule has 19 heavy (non-hydrogen) atoms. The van der Waals surface area contributed by atoms with E-state index in [1.165, 1.54) is 6.07 Å². The topological polar surface area (TPSA) is 71.9 Å². The maximum Gasteiger partial charge on any atom is 0.258 e. The van der Waals surface area contributed by atoms with E-state index < -0.39 is 29.1 Å². The molecule has 1 heterocycles.